The predicted molar refractivity (Wildman–Crippen MR) is 183 cm³/mol. The fourth-order valence-electron chi connectivity index (χ4n) is 7.48. The first-order valence-corrected chi connectivity index (χ1v) is 15.0. The van der Waals surface area contributed by atoms with E-state index in [0.717, 1.165) is 11.3 Å². The van der Waals surface area contributed by atoms with Crippen molar-refractivity contribution in [3.8, 4) is 33.5 Å². The third-order valence-electron chi connectivity index (χ3n) is 9.70. The minimum atomic E-state index is -0.113. The van der Waals surface area contributed by atoms with Crippen molar-refractivity contribution >= 4 is 43.1 Å². The van der Waals surface area contributed by atoms with Gasteiger partial charge in [-0.25, -0.2) is 0 Å². The van der Waals surface area contributed by atoms with Gasteiger partial charge in [-0.3, -0.25) is 4.98 Å². The Bertz CT molecular complexity index is 2410. The highest BCUT2D eigenvalue weighted by molar-refractivity contribution is 6.26. The number of rotatable bonds is 2. The zero-order valence-electron chi connectivity index (χ0n) is 24.2. The first-order chi connectivity index (χ1) is 21.1. The van der Waals surface area contributed by atoms with E-state index in [0.29, 0.717) is 0 Å². The van der Waals surface area contributed by atoms with Crippen molar-refractivity contribution in [2.75, 3.05) is 0 Å². The summed E-state index contributed by atoms with van der Waals surface area (Å²) in [7, 11) is 0. The van der Waals surface area contributed by atoms with Crippen molar-refractivity contribution < 1.29 is 0 Å². The second kappa shape index (κ2) is 8.86. The van der Waals surface area contributed by atoms with E-state index < -0.39 is 0 Å². The largest absolute Gasteiger partial charge is 0.256 e. The van der Waals surface area contributed by atoms with Crippen LogP contribution < -0.4 is 0 Å². The molecule has 0 bridgehead atoms. The molecule has 8 aromatic rings. The Morgan fingerprint density at radius 3 is 1.70 bits per heavy atom. The van der Waals surface area contributed by atoms with Crippen LogP contribution in [0.2, 0.25) is 0 Å². The van der Waals surface area contributed by atoms with E-state index in [1.165, 1.54) is 76.5 Å². The molecule has 0 spiro atoms. The molecule has 202 valence electrons. The van der Waals surface area contributed by atoms with Gasteiger partial charge in [0, 0.05) is 22.7 Å². The lowest BCUT2D eigenvalue weighted by molar-refractivity contribution is 0.661. The summed E-state index contributed by atoms with van der Waals surface area (Å²) in [6.45, 7) is 4.75. The van der Waals surface area contributed by atoms with Crippen molar-refractivity contribution in [2.24, 2.45) is 0 Å². The summed E-state index contributed by atoms with van der Waals surface area (Å²) in [6.07, 6.45) is 2.03. The molecule has 0 saturated heterocycles. The Kier molecular flexibility index (Phi) is 5.02. The molecule has 9 rings (SSSR count). The number of aromatic nitrogens is 1. The minimum absolute atomic E-state index is 0.113. The van der Waals surface area contributed by atoms with Crippen LogP contribution in [-0.4, -0.2) is 4.98 Å². The lowest BCUT2D eigenvalue weighted by atomic mass is 9.80. The van der Waals surface area contributed by atoms with Gasteiger partial charge in [-0.2, -0.15) is 0 Å². The Balaban J connectivity index is 1.18. The summed E-state index contributed by atoms with van der Waals surface area (Å²) in [5.74, 6) is 0. The third kappa shape index (κ3) is 3.49. The highest BCUT2D eigenvalue weighted by atomic mass is 14.7. The van der Waals surface area contributed by atoms with Gasteiger partial charge in [0.1, 0.15) is 0 Å². The number of nitrogens with zero attached hydrogens (tertiary/aromatic N) is 1. The molecule has 0 atom stereocenters. The van der Waals surface area contributed by atoms with Crippen LogP contribution in [-0.2, 0) is 5.41 Å². The number of pyridine rings is 1. The summed E-state index contributed by atoms with van der Waals surface area (Å²) < 4.78 is 0. The van der Waals surface area contributed by atoms with Gasteiger partial charge in [0.25, 0.3) is 0 Å². The summed E-state index contributed by atoms with van der Waals surface area (Å²) in [6, 6.07) is 48.9. The van der Waals surface area contributed by atoms with Crippen LogP contribution in [0.3, 0.4) is 0 Å². The third-order valence-corrected chi connectivity index (χ3v) is 9.70. The number of hydrogen-bond donors (Lipinski definition) is 0. The molecule has 1 nitrogen and oxygen atoms in total. The first-order valence-electron chi connectivity index (χ1n) is 15.0. The van der Waals surface area contributed by atoms with Crippen LogP contribution in [0.25, 0.3) is 76.6 Å². The fraction of sp³-hybridized carbons (Fsp3) is 0.0714. The van der Waals surface area contributed by atoms with Gasteiger partial charge in [-0.05, 0) is 95.2 Å². The van der Waals surface area contributed by atoms with Crippen LogP contribution in [0, 0.1) is 0 Å². The van der Waals surface area contributed by atoms with Gasteiger partial charge in [0.15, 0.2) is 0 Å². The molecule has 1 aliphatic rings. The molecule has 0 N–H and O–H groups in total. The second-order valence-corrected chi connectivity index (χ2v) is 12.4. The molecule has 1 aromatic heterocycles. The summed E-state index contributed by atoms with van der Waals surface area (Å²) in [5.41, 5.74) is 9.87. The van der Waals surface area contributed by atoms with Crippen molar-refractivity contribution in [1.82, 2.24) is 4.98 Å². The van der Waals surface area contributed by atoms with Gasteiger partial charge in [0.2, 0.25) is 0 Å². The molecule has 43 heavy (non-hydrogen) atoms. The Morgan fingerprint density at radius 2 is 1.00 bits per heavy atom. The lowest BCUT2D eigenvalue weighted by Gasteiger charge is -2.23. The van der Waals surface area contributed by atoms with Crippen LogP contribution >= 0.6 is 0 Å². The van der Waals surface area contributed by atoms with Gasteiger partial charge in [-0.1, -0.05) is 123 Å². The lowest BCUT2D eigenvalue weighted by Crippen LogP contribution is -2.15. The van der Waals surface area contributed by atoms with Crippen molar-refractivity contribution in [2.45, 2.75) is 19.3 Å². The highest BCUT2D eigenvalue weighted by Crippen LogP contribution is 2.52. The normalized spacial score (nSPS) is 13.5. The summed E-state index contributed by atoms with van der Waals surface area (Å²) >= 11 is 0. The average Bonchev–Trinajstić information content (AvgIpc) is 3.29. The maximum atomic E-state index is 4.94. The quantitative estimate of drug-likeness (QED) is 0.196. The summed E-state index contributed by atoms with van der Waals surface area (Å²) in [4.78, 5) is 4.94. The molecule has 0 saturated carbocycles. The van der Waals surface area contributed by atoms with Crippen LogP contribution in [0.5, 0.6) is 0 Å². The molecule has 1 heterocycles. The topological polar surface area (TPSA) is 12.9 Å². The Morgan fingerprint density at radius 1 is 0.419 bits per heavy atom. The molecule has 7 aromatic carbocycles. The molecule has 0 aliphatic heterocycles. The first kappa shape index (κ1) is 24.3. The molecular formula is C42H29N. The van der Waals surface area contributed by atoms with E-state index in [1.807, 2.05) is 6.20 Å². The smallest absolute Gasteiger partial charge is 0.0708 e. The average molecular weight is 548 g/mol. The second-order valence-electron chi connectivity index (χ2n) is 12.4. The van der Waals surface area contributed by atoms with Crippen molar-refractivity contribution in [1.29, 1.82) is 0 Å². The predicted octanol–water partition coefficient (Wildman–Crippen LogP) is 11.3. The van der Waals surface area contributed by atoms with E-state index in [2.05, 4.69) is 147 Å². The van der Waals surface area contributed by atoms with Gasteiger partial charge < -0.3 is 0 Å². The van der Waals surface area contributed by atoms with Crippen molar-refractivity contribution in [3.05, 3.63) is 151 Å². The standard InChI is InChI=1S/C42H29N/c1-42(2)39-22-27(28-19-21-41(43-25-28)35-17-9-11-26-10-3-4-12-29(26)35)18-20-34(39)38-23-36-32-15-7-5-13-30(32)31-14-6-8-16-33(31)37(36)24-40(38)42/h3-25H,1-2H3. The maximum absolute atomic E-state index is 4.94. The molecule has 0 amide bonds. The van der Waals surface area contributed by atoms with E-state index in [9.17, 15) is 0 Å². The van der Waals surface area contributed by atoms with Gasteiger partial charge in [0.05, 0.1) is 5.69 Å². The molecule has 1 aliphatic carbocycles. The van der Waals surface area contributed by atoms with E-state index in [4.69, 9.17) is 4.98 Å². The van der Waals surface area contributed by atoms with Gasteiger partial charge >= 0.3 is 0 Å². The zero-order valence-corrected chi connectivity index (χ0v) is 24.2. The number of hydrogen-bond acceptors (Lipinski definition) is 1. The van der Waals surface area contributed by atoms with E-state index >= 15 is 0 Å². The monoisotopic (exact) mass is 547 g/mol. The van der Waals surface area contributed by atoms with E-state index in [1.54, 1.807) is 0 Å². The fourth-order valence-corrected chi connectivity index (χ4v) is 7.48. The zero-order chi connectivity index (χ0) is 28.7. The van der Waals surface area contributed by atoms with Gasteiger partial charge in [-0.15, -0.1) is 0 Å². The molecule has 0 radical (unpaired) electrons. The summed E-state index contributed by atoms with van der Waals surface area (Å²) in [5, 5.41) is 10.4. The Hall–Kier alpha value is -5.27. The molecular weight excluding hydrogens is 518 g/mol. The molecule has 0 unspecified atom stereocenters. The number of fused-ring (bicyclic) bond motifs is 10. The highest BCUT2D eigenvalue weighted by Gasteiger charge is 2.36. The van der Waals surface area contributed by atoms with Crippen LogP contribution in [0.1, 0.15) is 25.0 Å². The molecule has 1 heteroatoms. The number of benzene rings is 7. The maximum Gasteiger partial charge on any atom is 0.0708 e. The minimum Gasteiger partial charge on any atom is -0.256 e. The SMILES string of the molecule is CC1(C)c2cc(-c3ccc(-c4cccc5ccccc45)nc3)ccc2-c2cc3c4ccccc4c4ccccc4c3cc21. The Labute approximate surface area is 251 Å². The van der Waals surface area contributed by atoms with E-state index in [-0.39, 0.29) is 5.41 Å². The molecule has 0 fully saturated rings. The van der Waals surface area contributed by atoms with Crippen LogP contribution in [0.4, 0.5) is 0 Å². The van der Waals surface area contributed by atoms with Crippen molar-refractivity contribution in [3.63, 3.8) is 0 Å². The van der Waals surface area contributed by atoms with Crippen LogP contribution in [0.15, 0.2) is 140 Å².